The number of carbonyl (C=O) groups is 2. The van der Waals surface area contributed by atoms with Crippen molar-refractivity contribution in [3.05, 3.63) is 29.6 Å². The molecule has 0 saturated carbocycles. The number of hydrogen-bond acceptors (Lipinski definition) is 3. The summed E-state index contributed by atoms with van der Waals surface area (Å²) in [7, 11) is 0. The van der Waals surface area contributed by atoms with Crippen molar-refractivity contribution in [1.82, 2.24) is 5.32 Å². The summed E-state index contributed by atoms with van der Waals surface area (Å²) in [5.74, 6) is -1.95. The summed E-state index contributed by atoms with van der Waals surface area (Å²) in [6.07, 6.45) is 0. The molecule has 0 bridgehead atoms. The number of carboxylic acids is 1. The van der Waals surface area contributed by atoms with Crippen LogP contribution in [-0.4, -0.2) is 23.1 Å². The number of hydrogen-bond donors (Lipinski definition) is 3. The van der Waals surface area contributed by atoms with Crippen molar-refractivity contribution in [3.63, 3.8) is 0 Å². The second kappa shape index (κ2) is 6.22. The molecule has 0 fully saturated rings. The Labute approximate surface area is 121 Å². The van der Waals surface area contributed by atoms with Crippen molar-refractivity contribution in [1.29, 1.82) is 5.26 Å². The quantitative estimate of drug-likeness (QED) is 0.795. The zero-order valence-corrected chi connectivity index (χ0v) is 11.9. The third-order valence-corrected chi connectivity index (χ3v) is 2.76. The van der Waals surface area contributed by atoms with Gasteiger partial charge in [0.05, 0.1) is 5.69 Å². The van der Waals surface area contributed by atoms with E-state index in [0.717, 1.165) is 6.07 Å². The first-order valence-electron chi connectivity index (χ1n) is 6.15. The molecule has 0 aromatic heterocycles. The maximum atomic E-state index is 13.4. The second-order valence-corrected chi connectivity index (χ2v) is 5.51. The summed E-state index contributed by atoms with van der Waals surface area (Å²) >= 11 is 0. The number of carbonyl (C=O) groups excluding carboxylic acids is 1. The highest BCUT2D eigenvalue weighted by atomic mass is 19.1. The fourth-order valence-corrected chi connectivity index (χ4v) is 1.68. The van der Waals surface area contributed by atoms with Gasteiger partial charge in [0.15, 0.2) is 0 Å². The van der Waals surface area contributed by atoms with E-state index < -0.39 is 29.3 Å². The Balaban J connectivity index is 2.91. The van der Waals surface area contributed by atoms with E-state index >= 15 is 0 Å². The number of benzene rings is 1. The molecular weight excluding hydrogens is 277 g/mol. The summed E-state index contributed by atoms with van der Waals surface area (Å²) in [5, 5.41) is 22.5. The van der Waals surface area contributed by atoms with Crippen LogP contribution in [-0.2, 0) is 4.79 Å². The molecule has 0 saturated heterocycles. The van der Waals surface area contributed by atoms with Gasteiger partial charge in [0.1, 0.15) is 23.5 Å². The van der Waals surface area contributed by atoms with Crippen LogP contribution in [0, 0.1) is 22.6 Å². The van der Waals surface area contributed by atoms with Crippen molar-refractivity contribution in [2.45, 2.75) is 26.8 Å². The van der Waals surface area contributed by atoms with Crippen LogP contribution in [0.15, 0.2) is 18.2 Å². The van der Waals surface area contributed by atoms with E-state index in [1.165, 1.54) is 12.1 Å². The molecular formula is C14H16FN3O3. The predicted molar refractivity (Wildman–Crippen MR) is 74.1 cm³/mol. The van der Waals surface area contributed by atoms with Crippen LogP contribution in [0.1, 0.15) is 26.3 Å². The van der Waals surface area contributed by atoms with Gasteiger partial charge in [0.25, 0.3) is 0 Å². The Morgan fingerprint density at radius 3 is 2.48 bits per heavy atom. The number of amides is 2. The summed E-state index contributed by atoms with van der Waals surface area (Å²) in [5.41, 5.74) is -1.04. The lowest BCUT2D eigenvalue weighted by molar-refractivity contribution is -0.141. The van der Waals surface area contributed by atoms with Gasteiger partial charge in [-0.3, -0.25) is 0 Å². The number of halogens is 1. The number of anilines is 1. The number of carboxylic acid groups (broad SMARTS) is 1. The molecule has 0 aliphatic heterocycles. The average Bonchev–Trinajstić information content (AvgIpc) is 2.34. The Morgan fingerprint density at radius 1 is 1.38 bits per heavy atom. The SMILES string of the molecule is CC(C)(C)C(NC(=O)Nc1cccc(F)c1C#N)C(=O)O. The van der Waals surface area contributed by atoms with E-state index in [9.17, 15) is 14.0 Å². The molecule has 3 N–H and O–H groups in total. The highest BCUT2D eigenvalue weighted by molar-refractivity contribution is 5.93. The van der Waals surface area contributed by atoms with Crippen molar-refractivity contribution in [3.8, 4) is 6.07 Å². The summed E-state index contributed by atoms with van der Waals surface area (Å²) in [6.45, 7) is 4.98. The molecule has 2 amide bonds. The number of nitriles is 1. The third kappa shape index (κ3) is 4.18. The van der Waals surface area contributed by atoms with Crippen LogP contribution in [0.4, 0.5) is 14.9 Å². The fraction of sp³-hybridized carbons (Fsp3) is 0.357. The molecule has 1 aromatic carbocycles. The maximum absolute atomic E-state index is 13.4. The van der Waals surface area contributed by atoms with Crippen LogP contribution >= 0.6 is 0 Å². The summed E-state index contributed by atoms with van der Waals surface area (Å²) in [6, 6.07) is 3.48. The molecule has 0 radical (unpaired) electrons. The van der Waals surface area contributed by atoms with Crippen LogP contribution in [0.5, 0.6) is 0 Å². The number of nitrogens with zero attached hydrogens (tertiary/aromatic N) is 1. The van der Waals surface area contributed by atoms with Gasteiger partial charge in [-0.1, -0.05) is 26.8 Å². The number of nitrogens with one attached hydrogen (secondary N) is 2. The molecule has 1 atom stereocenters. The molecule has 7 heteroatoms. The van der Waals surface area contributed by atoms with Gasteiger partial charge in [-0.25, -0.2) is 14.0 Å². The highest BCUT2D eigenvalue weighted by Gasteiger charge is 2.32. The van der Waals surface area contributed by atoms with Gasteiger partial charge in [0.2, 0.25) is 0 Å². The molecule has 112 valence electrons. The Morgan fingerprint density at radius 2 is 2.00 bits per heavy atom. The Bertz CT molecular complexity index is 602. The van der Waals surface area contributed by atoms with Crippen LogP contribution in [0.25, 0.3) is 0 Å². The topological polar surface area (TPSA) is 102 Å². The molecule has 1 rings (SSSR count). The lowest BCUT2D eigenvalue weighted by Gasteiger charge is -2.27. The smallest absolute Gasteiger partial charge is 0.326 e. The average molecular weight is 293 g/mol. The van der Waals surface area contributed by atoms with E-state index in [-0.39, 0.29) is 11.3 Å². The lowest BCUT2D eigenvalue weighted by atomic mass is 9.87. The standard InChI is InChI=1S/C14H16FN3O3/c1-14(2,3)11(12(19)20)18-13(21)17-10-6-4-5-9(15)8(10)7-16/h4-6,11H,1-3H3,(H,19,20)(H2,17,18,21). The van der Waals surface area contributed by atoms with Crippen LogP contribution in [0.2, 0.25) is 0 Å². The van der Waals surface area contributed by atoms with Crippen molar-refractivity contribution in [2.75, 3.05) is 5.32 Å². The molecule has 0 spiro atoms. The predicted octanol–water partition coefficient (Wildman–Crippen LogP) is 2.32. The normalized spacial score (nSPS) is 12.1. The number of urea groups is 1. The van der Waals surface area contributed by atoms with Crippen LogP contribution in [0.3, 0.4) is 0 Å². The molecule has 0 aliphatic carbocycles. The zero-order chi connectivity index (χ0) is 16.2. The molecule has 6 nitrogen and oxygen atoms in total. The Hall–Kier alpha value is -2.62. The third-order valence-electron chi connectivity index (χ3n) is 2.76. The van der Waals surface area contributed by atoms with Gasteiger partial charge < -0.3 is 15.7 Å². The van der Waals surface area contributed by atoms with E-state index in [0.29, 0.717) is 0 Å². The zero-order valence-electron chi connectivity index (χ0n) is 11.9. The molecule has 0 aliphatic rings. The summed E-state index contributed by atoms with van der Waals surface area (Å²) in [4.78, 5) is 23.0. The number of rotatable bonds is 3. The molecule has 1 unspecified atom stereocenters. The van der Waals surface area contributed by atoms with E-state index in [2.05, 4.69) is 10.6 Å². The minimum absolute atomic E-state index is 0.0203. The Kier molecular flexibility index (Phi) is 4.87. The second-order valence-electron chi connectivity index (χ2n) is 5.51. The fourth-order valence-electron chi connectivity index (χ4n) is 1.68. The molecule has 21 heavy (non-hydrogen) atoms. The first-order valence-corrected chi connectivity index (χ1v) is 6.15. The van der Waals surface area contributed by atoms with Crippen LogP contribution < -0.4 is 10.6 Å². The monoisotopic (exact) mass is 293 g/mol. The van der Waals surface area contributed by atoms with Gasteiger partial charge in [-0.05, 0) is 17.5 Å². The van der Waals surface area contributed by atoms with E-state index in [1.807, 2.05) is 0 Å². The highest BCUT2D eigenvalue weighted by Crippen LogP contribution is 2.21. The lowest BCUT2D eigenvalue weighted by Crippen LogP contribution is -2.50. The van der Waals surface area contributed by atoms with Gasteiger partial charge in [-0.15, -0.1) is 0 Å². The first kappa shape index (κ1) is 16.4. The molecule has 1 aromatic rings. The number of aliphatic carboxylic acids is 1. The first-order chi connectivity index (χ1) is 9.66. The minimum Gasteiger partial charge on any atom is -0.480 e. The molecule has 0 heterocycles. The van der Waals surface area contributed by atoms with Crippen molar-refractivity contribution >= 4 is 17.7 Å². The summed E-state index contributed by atoms with van der Waals surface area (Å²) < 4.78 is 13.4. The van der Waals surface area contributed by atoms with Gasteiger partial charge in [0, 0.05) is 0 Å². The van der Waals surface area contributed by atoms with Crippen molar-refractivity contribution < 1.29 is 19.1 Å². The van der Waals surface area contributed by atoms with E-state index in [1.54, 1.807) is 26.8 Å². The van der Waals surface area contributed by atoms with Gasteiger partial charge >= 0.3 is 12.0 Å². The van der Waals surface area contributed by atoms with Crippen molar-refractivity contribution in [2.24, 2.45) is 5.41 Å². The van der Waals surface area contributed by atoms with E-state index in [4.69, 9.17) is 10.4 Å². The maximum Gasteiger partial charge on any atom is 0.326 e. The largest absolute Gasteiger partial charge is 0.480 e. The van der Waals surface area contributed by atoms with Gasteiger partial charge in [-0.2, -0.15) is 5.26 Å². The minimum atomic E-state index is -1.18.